The van der Waals surface area contributed by atoms with Gasteiger partial charge in [0.25, 0.3) is 0 Å². The minimum atomic E-state index is -0.317. The van der Waals surface area contributed by atoms with Crippen molar-refractivity contribution in [3.05, 3.63) is 0 Å². The molecular formula is C10H25N5. The summed E-state index contributed by atoms with van der Waals surface area (Å²) in [5.41, 5.74) is 11.2. The van der Waals surface area contributed by atoms with Crippen LogP contribution in [0, 0.1) is 0 Å². The molecule has 0 aromatic rings. The van der Waals surface area contributed by atoms with Crippen LogP contribution in [0.3, 0.4) is 0 Å². The Morgan fingerprint density at radius 2 is 2.07 bits per heavy atom. The van der Waals surface area contributed by atoms with E-state index in [0.29, 0.717) is 6.54 Å². The zero-order valence-electron chi connectivity index (χ0n) is 9.76. The first kappa shape index (κ1) is 12.9. The van der Waals surface area contributed by atoms with Gasteiger partial charge < -0.3 is 16.8 Å². The van der Waals surface area contributed by atoms with Crippen LogP contribution in [-0.4, -0.2) is 56.4 Å². The number of nitrogens with two attached hydrogens (primary N) is 2. The van der Waals surface area contributed by atoms with Crippen LogP contribution in [0.15, 0.2) is 0 Å². The Morgan fingerprint density at radius 3 is 2.67 bits per heavy atom. The van der Waals surface area contributed by atoms with E-state index in [1.807, 2.05) is 6.92 Å². The second-order valence-corrected chi connectivity index (χ2v) is 4.47. The third-order valence-corrected chi connectivity index (χ3v) is 2.83. The van der Waals surface area contributed by atoms with Crippen molar-refractivity contribution in [3.63, 3.8) is 0 Å². The molecule has 6 N–H and O–H groups in total. The zero-order chi connectivity index (χ0) is 11.1. The van der Waals surface area contributed by atoms with E-state index in [9.17, 15) is 0 Å². The summed E-state index contributed by atoms with van der Waals surface area (Å²) < 4.78 is 0. The summed E-state index contributed by atoms with van der Waals surface area (Å²) in [5, 5.41) is 6.68. The number of hydrogen-bond donors (Lipinski definition) is 4. The number of nitrogens with zero attached hydrogens (tertiary/aromatic N) is 1. The quantitative estimate of drug-likeness (QED) is 0.406. The molecule has 1 heterocycles. The highest BCUT2D eigenvalue weighted by Crippen LogP contribution is 1.98. The summed E-state index contributed by atoms with van der Waals surface area (Å²) in [6.45, 7) is 9.11. The van der Waals surface area contributed by atoms with Gasteiger partial charge in [0.2, 0.25) is 0 Å². The van der Waals surface area contributed by atoms with Gasteiger partial charge in [-0.2, -0.15) is 0 Å². The predicted octanol–water partition coefficient (Wildman–Crippen LogP) is -1.50. The van der Waals surface area contributed by atoms with Gasteiger partial charge in [-0.25, -0.2) is 0 Å². The third-order valence-electron chi connectivity index (χ3n) is 2.83. The highest BCUT2D eigenvalue weighted by molar-refractivity contribution is 4.77. The van der Waals surface area contributed by atoms with Crippen LogP contribution in [0.2, 0.25) is 0 Å². The molecule has 1 aliphatic rings. The highest BCUT2D eigenvalue weighted by atomic mass is 15.2. The van der Waals surface area contributed by atoms with Crippen LogP contribution < -0.4 is 22.1 Å². The summed E-state index contributed by atoms with van der Waals surface area (Å²) in [6.07, 6.45) is 0.814. The molecule has 0 spiro atoms. The molecule has 1 unspecified atom stereocenters. The molecule has 1 rings (SSSR count). The van der Waals surface area contributed by atoms with Crippen LogP contribution in [-0.2, 0) is 0 Å². The maximum atomic E-state index is 6.02. The number of piperazine rings is 1. The molecule has 0 aromatic carbocycles. The molecule has 1 atom stereocenters. The molecule has 0 amide bonds. The Bertz CT molecular complexity index is 165. The molecule has 0 radical (unpaired) electrons. The second-order valence-electron chi connectivity index (χ2n) is 4.47. The van der Waals surface area contributed by atoms with Gasteiger partial charge in [0.05, 0.1) is 5.66 Å². The molecule has 0 aromatic heterocycles. The Morgan fingerprint density at radius 1 is 1.40 bits per heavy atom. The van der Waals surface area contributed by atoms with Crippen molar-refractivity contribution in [1.82, 2.24) is 15.5 Å². The van der Waals surface area contributed by atoms with Crippen molar-refractivity contribution in [2.45, 2.75) is 19.0 Å². The van der Waals surface area contributed by atoms with E-state index in [1.54, 1.807) is 0 Å². The molecule has 1 saturated heterocycles. The van der Waals surface area contributed by atoms with Crippen molar-refractivity contribution in [3.8, 4) is 0 Å². The Labute approximate surface area is 92.6 Å². The number of nitrogens with one attached hydrogen (secondary N) is 2. The van der Waals surface area contributed by atoms with Gasteiger partial charge in [0.15, 0.2) is 0 Å². The first-order chi connectivity index (χ1) is 7.14. The zero-order valence-corrected chi connectivity index (χ0v) is 9.76. The first-order valence-electron chi connectivity index (χ1n) is 5.81. The monoisotopic (exact) mass is 215 g/mol. The summed E-state index contributed by atoms with van der Waals surface area (Å²) in [4.78, 5) is 2.45. The Balaban J connectivity index is 2.09. The molecule has 90 valence electrons. The molecular weight excluding hydrogens is 190 g/mol. The third kappa shape index (κ3) is 5.44. The molecule has 1 fully saturated rings. The fraction of sp³-hybridized carbons (Fsp3) is 1.00. The largest absolute Gasteiger partial charge is 0.330 e. The van der Waals surface area contributed by atoms with Gasteiger partial charge in [-0.05, 0) is 19.9 Å². The van der Waals surface area contributed by atoms with Gasteiger partial charge in [-0.15, -0.1) is 0 Å². The molecule has 0 saturated carbocycles. The maximum absolute atomic E-state index is 6.02. The Hall–Kier alpha value is -0.200. The Kier molecular flexibility index (Phi) is 5.49. The molecule has 0 bridgehead atoms. The van der Waals surface area contributed by atoms with Crippen molar-refractivity contribution in [2.75, 3.05) is 45.8 Å². The maximum Gasteiger partial charge on any atom is 0.0645 e. The van der Waals surface area contributed by atoms with Crippen LogP contribution in [0.4, 0.5) is 0 Å². The van der Waals surface area contributed by atoms with Gasteiger partial charge in [-0.3, -0.25) is 10.2 Å². The minimum Gasteiger partial charge on any atom is -0.330 e. The van der Waals surface area contributed by atoms with E-state index >= 15 is 0 Å². The van der Waals surface area contributed by atoms with Crippen molar-refractivity contribution in [2.24, 2.45) is 11.5 Å². The van der Waals surface area contributed by atoms with E-state index in [2.05, 4.69) is 15.5 Å². The van der Waals surface area contributed by atoms with Crippen molar-refractivity contribution >= 4 is 0 Å². The van der Waals surface area contributed by atoms with Gasteiger partial charge in [-0.1, -0.05) is 0 Å². The van der Waals surface area contributed by atoms with E-state index in [1.165, 1.54) is 0 Å². The van der Waals surface area contributed by atoms with Gasteiger partial charge in [0, 0.05) is 39.3 Å². The fourth-order valence-electron chi connectivity index (χ4n) is 1.82. The summed E-state index contributed by atoms with van der Waals surface area (Å²) in [6, 6.07) is 0. The second kappa shape index (κ2) is 6.40. The van der Waals surface area contributed by atoms with E-state index < -0.39 is 0 Å². The minimum absolute atomic E-state index is 0.317. The van der Waals surface area contributed by atoms with Crippen LogP contribution in [0.5, 0.6) is 0 Å². The number of hydrogen-bond acceptors (Lipinski definition) is 5. The van der Waals surface area contributed by atoms with Crippen LogP contribution in [0.25, 0.3) is 0 Å². The average molecular weight is 215 g/mol. The number of rotatable bonds is 6. The fourth-order valence-corrected chi connectivity index (χ4v) is 1.82. The van der Waals surface area contributed by atoms with Crippen molar-refractivity contribution < 1.29 is 0 Å². The first-order valence-corrected chi connectivity index (χ1v) is 5.81. The van der Waals surface area contributed by atoms with Gasteiger partial charge >= 0.3 is 0 Å². The summed E-state index contributed by atoms with van der Waals surface area (Å²) in [7, 11) is 0. The predicted molar refractivity (Wildman–Crippen MR) is 63.6 cm³/mol. The molecule has 1 aliphatic heterocycles. The summed E-state index contributed by atoms with van der Waals surface area (Å²) >= 11 is 0. The van der Waals surface area contributed by atoms with Crippen molar-refractivity contribution in [1.29, 1.82) is 0 Å². The SMILES string of the molecule is CC(N)(CCN)NCCN1CCNCC1. The molecule has 5 heteroatoms. The normalized spacial score (nSPS) is 22.6. The lowest BCUT2D eigenvalue weighted by atomic mass is 10.1. The lowest BCUT2D eigenvalue weighted by Gasteiger charge is -2.30. The average Bonchev–Trinajstić information content (AvgIpc) is 2.19. The standard InChI is InChI=1S/C10H25N5/c1-10(12,2-3-11)14-6-9-15-7-4-13-5-8-15/h13-14H,2-9,11-12H2,1H3. The van der Waals surface area contributed by atoms with Crippen LogP contribution in [0.1, 0.15) is 13.3 Å². The van der Waals surface area contributed by atoms with Gasteiger partial charge in [0.1, 0.15) is 0 Å². The van der Waals surface area contributed by atoms with E-state index in [4.69, 9.17) is 11.5 Å². The van der Waals surface area contributed by atoms with E-state index in [0.717, 1.165) is 45.7 Å². The smallest absolute Gasteiger partial charge is 0.0645 e. The highest BCUT2D eigenvalue weighted by Gasteiger charge is 2.16. The van der Waals surface area contributed by atoms with Crippen LogP contribution >= 0.6 is 0 Å². The topological polar surface area (TPSA) is 79.3 Å². The molecule has 15 heavy (non-hydrogen) atoms. The lowest BCUT2D eigenvalue weighted by molar-refractivity contribution is 0.227. The lowest BCUT2D eigenvalue weighted by Crippen LogP contribution is -2.54. The van der Waals surface area contributed by atoms with E-state index in [-0.39, 0.29) is 5.66 Å². The molecule has 5 nitrogen and oxygen atoms in total. The molecule has 0 aliphatic carbocycles. The summed E-state index contributed by atoms with van der Waals surface area (Å²) in [5.74, 6) is 0.